The van der Waals surface area contributed by atoms with Gasteiger partial charge in [-0.3, -0.25) is 0 Å². The SMILES string of the molecule is CC(C)CN[C@@H](C)[C@@H]1C[C@H]2CC[C@H]1C2. The Morgan fingerprint density at radius 1 is 1.14 bits per heavy atom. The Bertz CT molecular complexity index is 188. The van der Waals surface area contributed by atoms with E-state index in [-0.39, 0.29) is 0 Å². The number of nitrogens with one attached hydrogen (secondary N) is 1. The van der Waals surface area contributed by atoms with Gasteiger partial charge in [0.05, 0.1) is 0 Å². The normalized spacial score (nSPS) is 38.1. The lowest BCUT2D eigenvalue weighted by Gasteiger charge is -2.29. The van der Waals surface area contributed by atoms with E-state index in [0.717, 1.165) is 29.7 Å². The molecule has 0 aliphatic heterocycles. The number of hydrogen-bond acceptors (Lipinski definition) is 1. The van der Waals surface area contributed by atoms with Crippen molar-refractivity contribution in [1.29, 1.82) is 0 Å². The van der Waals surface area contributed by atoms with E-state index < -0.39 is 0 Å². The second kappa shape index (κ2) is 4.22. The highest BCUT2D eigenvalue weighted by molar-refractivity contribution is 4.93. The van der Waals surface area contributed by atoms with Crippen molar-refractivity contribution in [3.63, 3.8) is 0 Å². The van der Waals surface area contributed by atoms with Gasteiger partial charge in [0.1, 0.15) is 0 Å². The van der Waals surface area contributed by atoms with Gasteiger partial charge in [-0.25, -0.2) is 0 Å². The molecule has 14 heavy (non-hydrogen) atoms. The van der Waals surface area contributed by atoms with Gasteiger partial charge in [0, 0.05) is 6.04 Å². The molecule has 0 aromatic heterocycles. The highest BCUT2D eigenvalue weighted by atomic mass is 14.9. The summed E-state index contributed by atoms with van der Waals surface area (Å²) >= 11 is 0. The second-order valence-electron chi connectivity index (χ2n) is 5.93. The third-order valence-corrected chi connectivity index (χ3v) is 4.28. The number of hydrogen-bond donors (Lipinski definition) is 1. The lowest BCUT2D eigenvalue weighted by atomic mass is 9.84. The molecule has 2 saturated carbocycles. The van der Waals surface area contributed by atoms with Crippen LogP contribution in [0.25, 0.3) is 0 Å². The molecular formula is C13H25N. The molecule has 0 saturated heterocycles. The maximum absolute atomic E-state index is 3.71. The van der Waals surface area contributed by atoms with Crippen LogP contribution in [0.1, 0.15) is 46.5 Å². The van der Waals surface area contributed by atoms with Gasteiger partial charge in [-0.05, 0) is 56.4 Å². The Morgan fingerprint density at radius 3 is 2.43 bits per heavy atom. The summed E-state index contributed by atoms with van der Waals surface area (Å²) < 4.78 is 0. The largest absolute Gasteiger partial charge is 0.314 e. The number of fused-ring (bicyclic) bond motifs is 2. The van der Waals surface area contributed by atoms with Gasteiger partial charge >= 0.3 is 0 Å². The van der Waals surface area contributed by atoms with Crippen molar-refractivity contribution in [2.24, 2.45) is 23.7 Å². The fourth-order valence-corrected chi connectivity index (χ4v) is 3.48. The molecule has 0 spiro atoms. The summed E-state index contributed by atoms with van der Waals surface area (Å²) in [6, 6.07) is 0.757. The molecule has 0 heterocycles. The van der Waals surface area contributed by atoms with Crippen LogP contribution in [0.2, 0.25) is 0 Å². The first kappa shape index (κ1) is 10.5. The molecule has 1 nitrogen and oxygen atoms in total. The Labute approximate surface area is 88.7 Å². The molecule has 2 fully saturated rings. The molecule has 4 atom stereocenters. The van der Waals surface area contributed by atoms with E-state index in [4.69, 9.17) is 0 Å². The molecule has 0 radical (unpaired) electrons. The Morgan fingerprint density at radius 2 is 1.93 bits per heavy atom. The summed E-state index contributed by atoms with van der Waals surface area (Å²) in [5.74, 6) is 3.94. The molecule has 0 unspecified atom stereocenters. The van der Waals surface area contributed by atoms with Gasteiger partial charge in [-0.1, -0.05) is 20.3 Å². The third-order valence-electron chi connectivity index (χ3n) is 4.28. The van der Waals surface area contributed by atoms with Crippen molar-refractivity contribution in [1.82, 2.24) is 5.32 Å². The molecule has 1 heteroatoms. The van der Waals surface area contributed by atoms with E-state index in [1.807, 2.05) is 0 Å². The van der Waals surface area contributed by atoms with Crippen molar-refractivity contribution in [3.8, 4) is 0 Å². The third kappa shape index (κ3) is 2.13. The molecular weight excluding hydrogens is 170 g/mol. The van der Waals surface area contributed by atoms with E-state index in [9.17, 15) is 0 Å². The maximum atomic E-state index is 3.71. The molecule has 82 valence electrons. The van der Waals surface area contributed by atoms with E-state index in [0.29, 0.717) is 0 Å². The van der Waals surface area contributed by atoms with Gasteiger partial charge in [-0.15, -0.1) is 0 Å². The van der Waals surface area contributed by atoms with Gasteiger partial charge in [0.25, 0.3) is 0 Å². The summed E-state index contributed by atoms with van der Waals surface area (Å²) in [5, 5.41) is 3.71. The Kier molecular flexibility index (Phi) is 3.16. The zero-order chi connectivity index (χ0) is 10.1. The lowest BCUT2D eigenvalue weighted by Crippen LogP contribution is -2.38. The van der Waals surface area contributed by atoms with Crippen LogP contribution >= 0.6 is 0 Å². The van der Waals surface area contributed by atoms with Crippen LogP contribution in [0.15, 0.2) is 0 Å². The molecule has 0 amide bonds. The predicted octanol–water partition coefficient (Wildman–Crippen LogP) is 3.06. The van der Waals surface area contributed by atoms with Gasteiger partial charge in [-0.2, -0.15) is 0 Å². The van der Waals surface area contributed by atoms with Crippen LogP contribution in [-0.4, -0.2) is 12.6 Å². The molecule has 0 aromatic carbocycles. The number of rotatable bonds is 4. The van der Waals surface area contributed by atoms with Crippen LogP contribution in [0.5, 0.6) is 0 Å². The monoisotopic (exact) mass is 195 g/mol. The minimum atomic E-state index is 0.757. The first-order chi connectivity index (χ1) is 6.66. The average Bonchev–Trinajstić information content (AvgIpc) is 2.74. The zero-order valence-electron chi connectivity index (χ0n) is 9.92. The minimum absolute atomic E-state index is 0.757. The summed E-state index contributed by atoms with van der Waals surface area (Å²) in [7, 11) is 0. The van der Waals surface area contributed by atoms with Crippen molar-refractivity contribution < 1.29 is 0 Å². The first-order valence-corrected chi connectivity index (χ1v) is 6.40. The summed E-state index contributed by atoms with van der Waals surface area (Å²) in [6.07, 6.45) is 6.09. The Hall–Kier alpha value is -0.0400. The molecule has 2 aliphatic carbocycles. The highest BCUT2D eigenvalue weighted by Gasteiger charge is 2.41. The quantitative estimate of drug-likeness (QED) is 0.727. The summed E-state index contributed by atoms with van der Waals surface area (Å²) in [4.78, 5) is 0. The fraction of sp³-hybridized carbons (Fsp3) is 1.00. The summed E-state index contributed by atoms with van der Waals surface area (Å²) in [6.45, 7) is 8.17. The van der Waals surface area contributed by atoms with Crippen LogP contribution in [0, 0.1) is 23.7 Å². The molecule has 1 N–H and O–H groups in total. The topological polar surface area (TPSA) is 12.0 Å². The average molecular weight is 195 g/mol. The molecule has 2 bridgehead atoms. The lowest BCUT2D eigenvalue weighted by molar-refractivity contribution is 0.255. The van der Waals surface area contributed by atoms with E-state index in [1.54, 1.807) is 6.42 Å². The molecule has 2 rings (SSSR count). The standard InChI is InChI=1S/C13H25N/c1-9(2)8-14-10(3)13-7-11-4-5-12(13)6-11/h9-14H,4-8H2,1-3H3/t10-,11-,12-,13-/m0/s1. The van der Waals surface area contributed by atoms with Crippen molar-refractivity contribution >= 4 is 0 Å². The van der Waals surface area contributed by atoms with E-state index in [1.165, 1.54) is 25.8 Å². The van der Waals surface area contributed by atoms with E-state index in [2.05, 4.69) is 26.1 Å². The second-order valence-corrected chi connectivity index (χ2v) is 5.93. The summed E-state index contributed by atoms with van der Waals surface area (Å²) in [5.41, 5.74) is 0. The zero-order valence-corrected chi connectivity index (χ0v) is 9.92. The van der Waals surface area contributed by atoms with Crippen LogP contribution < -0.4 is 5.32 Å². The highest BCUT2D eigenvalue weighted by Crippen LogP contribution is 2.49. The van der Waals surface area contributed by atoms with Crippen molar-refractivity contribution in [3.05, 3.63) is 0 Å². The predicted molar refractivity (Wildman–Crippen MR) is 61.2 cm³/mol. The van der Waals surface area contributed by atoms with Crippen LogP contribution in [0.4, 0.5) is 0 Å². The van der Waals surface area contributed by atoms with E-state index >= 15 is 0 Å². The van der Waals surface area contributed by atoms with Gasteiger partial charge in [0.2, 0.25) is 0 Å². The van der Waals surface area contributed by atoms with Gasteiger partial charge < -0.3 is 5.32 Å². The van der Waals surface area contributed by atoms with Crippen molar-refractivity contribution in [2.75, 3.05) is 6.54 Å². The first-order valence-electron chi connectivity index (χ1n) is 6.40. The smallest absolute Gasteiger partial charge is 0.00698 e. The molecule has 2 aliphatic rings. The fourth-order valence-electron chi connectivity index (χ4n) is 3.48. The maximum Gasteiger partial charge on any atom is 0.00698 e. The molecule has 0 aromatic rings. The van der Waals surface area contributed by atoms with Crippen LogP contribution in [0.3, 0.4) is 0 Å². The van der Waals surface area contributed by atoms with Crippen molar-refractivity contribution in [2.45, 2.75) is 52.5 Å². The Balaban J connectivity index is 1.78. The van der Waals surface area contributed by atoms with Gasteiger partial charge in [0.15, 0.2) is 0 Å². The van der Waals surface area contributed by atoms with Crippen LogP contribution in [-0.2, 0) is 0 Å². The minimum Gasteiger partial charge on any atom is -0.314 e.